The van der Waals surface area contributed by atoms with Crippen molar-refractivity contribution in [2.75, 3.05) is 6.54 Å². The second-order valence-electron chi connectivity index (χ2n) is 3.63. The van der Waals surface area contributed by atoms with E-state index >= 15 is 0 Å². The molecule has 0 fully saturated rings. The van der Waals surface area contributed by atoms with E-state index in [0.29, 0.717) is 6.54 Å². The van der Waals surface area contributed by atoms with Crippen molar-refractivity contribution in [3.05, 3.63) is 0 Å². The van der Waals surface area contributed by atoms with Crippen LogP contribution in [-0.2, 0) is 9.63 Å². The zero-order valence-electron chi connectivity index (χ0n) is 10.4. The Labute approximate surface area is 101 Å². The van der Waals surface area contributed by atoms with Crippen molar-refractivity contribution < 1.29 is 9.63 Å². The Kier molecular flexibility index (Phi) is 7.49. The molecule has 0 bridgehead atoms. The molecule has 17 heavy (non-hydrogen) atoms. The molecule has 5 N–H and O–H groups in total. The molecule has 0 unspecified atom stereocenters. The number of carbonyl (C=O) groups is 1. The summed E-state index contributed by atoms with van der Waals surface area (Å²) in [4.78, 5) is 15.7. The van der Waals surface area contributed by atoms with E-state index in [2.05, 4.69) is 12.2 Å². The van der Waals surface area contributed by atoms with Crippen LogP contribution in [0.2, 0.25) is 0 Å². The van der Waals surface area contributed by atoms with Gasteiger partial charge in [-0.15, -0.1) is 0 Å². The molecule has 7 heteroatoms. The quantitative estimate of drug-likeness (QED) is 0.246. The number of hydrogen-bond acceptors (Lipinski definition) is 4. The van der Waals surface area contributed by atoms with E-state index in [-0.39, 0.29) is 11.9 Å². The summed E-state index contributed by atoms with van der Waals surface area (Å²) in [6, 6.07) is 0. The first kappa shape index (κ1) is 15.2. The Bertz CT molecular complexity index is 280. The van der Waals surface area contributed by atoms with E-state index in [0.717, 1.165) is 30.7 Å². The predicted molar refractivity (Wildman–Crippen MR) is 65.4 cm³/mol. The number of guanidine groups is 2. The third kappa shape index (κ3) is 8.06. The number of rotatable bonds is 5. The maximum atomic E-state index is 10.9. The van der Waals surface area contributed by atoms with Crippen LogP contribution in [0, 0.1) is 10.8 Å². The zero-order chi connectivity index (χ0) is 13.3. The van der Waals surface area contributed by atoms with Crippen LogP contribution < -0.4 is 11.1 Å². The minimum Gasteiger partial charge on any atom is -0.370 e. The van der Waals surface area contributed by atoms with Crippen LogP contribution in [0.3, 0.4) is 0 Å². The summed E-state index contributed by atoms with van der Waals surface area (Å²) in [5, 5.41) is 18.0. The van der Waals surface area contributed by atoms with E-state index in [1.807, 2.05) is 0 Å². The molecule has 0 aliphatic rings. The highest BCUT2D eigenvalue weighted by Gasteiger charge is 2.13. The zero-order valence-corrected chi connectivity index (χ0v) is 10.4. The molecule has 98 valence electrons. The van der Waals surface area contributed by atoms with Crippen LogP contribution in [0.25, 0.3) is 0 Å². The molecule has 7 nitrogen and oxygen atoms in total. The standard InChI is InChI=1S/C10H21N5O2/c1-3-4-5-6-7-15(17-8(2)16)10(13)14-9(11)12/h3-7H2,1-2H3,(H5,11,12,13,14). The van der Waals surface area contributed by atoms with Gasteiger partial charge < -0.3 is 10.6 Å². The lowest BCUT2D eigenvalue weighted by Crippen LogP contribution is -2.46. The summed E-state index contributed by atoms with van der Waals surface area (Å²) >= 11 is 0. The van der Waals surface area contributed by atoms with Crippen molar-refractivity contribution in [3.63, 3.8) is 0 Å². The van der Waals surface area contributed by atoms with Gasteiger partial charge in [0.15, 0.2) is 5.96 Å². The topological polar surface area (TPSA) is 115 Å². The molecule has 0 aromatic heterocycles. The molecule has 0 saturated carbocycles. The van der Waals surface area contributed by atoms with Gasteiger partial charge in [0.25, 0.3) is 0 Å². The number of nitrogens with one attached hydrogen (secondary N) is 3. The Morgan fingerprint density at radius 1 is 1.35 bits per heavy atom. The summed E-state index contributed by atoms with van der Waals surface area (Å²) in [5.41, 5.74) is 5.10. The lowest BCUT2D eigenvalue weighted by molar-refractivity contribution is -0.170. The van der Waals surface area contributed by atoms with E-state index in [1.54, 1.807) is 0 Å². The molecular formula is C10H21N5O2. The van der Waals surface area contributed by atoms with Crippen molar-refractivity contribution in [1.29, 1.82) is 10.8 Å². The van der Waals surface area contributed by atoms with Gasteiger partial charge in [0.1, 0.15) is 0 Å². The molecule has 0 atom stereocenters. The summed E-state index contributed by atoms with van der Waals surface area (Å²) in [7, 11) is 0. The van der Waals surface area contributed by atoms with Gasteiger partial charge in [0, 0.05) is 6.92 Å². The predicted octanol–water partition coefficient (Wildman–Crippen LogP) is 0.765. The first-order valence-electron chi connectivity index (χ1n) is 5.63. The van der Waals surface area contributed by atoms with Crippen LogP contribution >= 0.6 is 0 Å². The number of nitrogens with two attached hydrogens (primary N) is 1. The Hall–Kier alpha value is -1.79. The van der Waals surface area contributed by atoms with Gasteiger partial charge in [-0.25, -0.2) is 0 Å². The fourth-order valence-electron chi connectivity index (χ4n) is 1.23. The third-order valence-corrected chi connectivity index (χ3v) is 1.96. The fraction of sp³-hybridized carbons (Fsp3) is 0.700. The normalized spacial score (nSPS) is 9.53. The minimum absolute atomic E-state index is 0.204. The summed E-state index contributed by atoms with van der Waals surface area (Å²) in [5.74, 6) is -1.07. The first-order chi connectivity index (χ1) is 7.97. The lowest BCUT2D eigenvalue weighted by Gasteiger charge is -2.22. The molecule has 0 heterocycles. The Balaban J connectivity index is 4.17. The van der Waals surface area contributed by atoms with Crippen molar-refractivity contribution in [2.24, 2.45) is 5.73 Å². The van der Waals surface area contributed by atoms with Crippen LogP contribution in [0.15, 0.2) is 0 Å². The van der Waals surface area contributed by atoms with Gasteiger partial charge in [-0.3, -0.25) is 20.9 Å². The second kappa shape index (κ2) is 8.37. The smallest absolute Gasteiger partial charge is 0.329 e. The largest absolute Gasteiger partial charge is 0.370 e. The van der Waals surface area contributed by atoms with E-state index in [4.69, 9.17) is 21.4 Å². The van der Waals surface area contributed by atoms with E-state index in [9.17, 15) is 4.79 Å². The van der Waals surface area contributed by atoms with Crippen molar-refractivity contribution in [3.8, 4) is 0 Å². The number of hydroxylamine groups is 2. The summed E-state index contributed by atoms with van der Waals surface area (Å²) < 4.78 is 0. The van der Waals surface area contributed by atoms with Crippen molar-refractivity contribution >= 4 is 17.9 Å². The van der Waals surface area contributed by atoms with Gasteiger partial charge in [-0.1, -0.05) is 26.2 Å². The number of unbranched alkanes of at least 4 members (excludes halogenated alkanes) is 3. The molecule has 0 aromatic rings. The highest BCUT2D eigenvalue weighted by Crippen LogP contribution is 2.02. The van der Waals surface area contributed by atoms with Crippen molar-refractivity contribution in [1.82, 2.24) is 10.4 Å². The van der Waals surface area contributed by atoms with Gasteiger partial charge in [-0.05, 0) is 6.42 Å². The molecule has 0 amide bonds. The van der Waals surface area contributed by atoms with Gasteiger partial charge in [0.2, 0.25) is 5.96 Å². The highest BCUT2D eigenvalue weighted by molar-refractivity contribution is 5.94. The monoisotopic (exact) mass is 243 g/mol. The maximum Gasteiger partial charge on any atom is 0.329 e. The highest BCUT2D eigenvalue weighted by atomic mass is 16.7. The van der Waals surface area contributed by atoms with Crippen LogP contribution in [0.5, 0.6) is 0 Å². The van der Waals surface area contributed by atoms with Gasteiger partial charge >= 0.3 is 5.97 Å². The molecule has 0 radical (unpaired) electrons. The van der Waals surface area contributed by atoms with E-state index in [1.165, 1.54) is 6.92 Å². The lowest BCUT2D eigenvalue weighted by atomic mass is 10.2. The first-order valence-corrected chi connectivity index (χ1v) is 5.63. The molecule has 0 aliphatic carbocycles. The fourth-order valence-corrected chi connectivity index (χ4v) is 1.23. The molecule has 0 aromatic carbocycles. The molecular weight excluding hydrogens is 222 g/mol. The van der Waals surface area contributed by atoms with Crippen molar-refractivity contribution in [2.45, 2.75) is 39.5 Å². The number of nitrogens with zero attached hydrogens (tertiary/aromatic N) is 1. The summed E-state index contributed by atoms with van der Waals surface area (Å²) in [6.45, 7) is 3.78. The average Bonchev–Trinajstić information content (AvgIpc) is 2.21. The summed E-state index contributed by atoms with van der Waals surface area (Å²) in [6.07, 6.45) is 4.02. The number of carbonyl (C=O) groups excluding carboxylic acids is 1. The van der Waals surface area contributed by atoms with Gasteiger partial charge in [0.05, 0.1) is 6.54 Å². The Morgan fingerprint density at radius 3 is 2.47 bits per heavy atom. The molecule has 0 spiro atoms. The maximum absolute atomic E-state index is 10.9. The minimum atomic E-state index is -0.504. The van der Waals surface area contributed by atoms with Crippen LogP contribution in [0.1, 0.15) is 39.5 Å². The Morgan fingerprint density at radius 2 is 2.00 bits per heavy atom. The second-order valence-corrected chi connectivity index (χ2v) is 3.63. The molecule has 0 rings (SSSR count). The SMILES string of the molecule is CCCCCCN(OC(C)=O)C(=N)NC(=N)N. The average molecular weight is 243 g/mol. The van der Waals surface area contributed by atoms with Gasteiger partial charge in [-0.2, -0.15) is 5.06 Å². The van der Waals surface area contributed by atoms with E-state index < -0.39 is 5.97 Å². The van der Waals surface area contributed by atoms with Crippen LogP contribution in [0.4, 0.5) is 0 Å². The number of hydrogen-bond donors (Lipinski definition) is 4. The molecule has 0 saturated heterocycles. The molecule has 0 aliphatic heterocycles. The third-order valence-electron chi connectivity index (χ3n) is 1.96. The van der Waals surface area contributed by atoms with Crippen LogP contribution in [-0.4, -0.2) is 29.5 Å².